The summed E-state index contributed by atoms with van der Waals surface area (Å²) in [7, 11) is 0. The molecule has 0 saturated carbocycles. The molecule has 3 nitrogen and oxygen atoms in total. The minimum absolute atomic E-state index is 0.159. The van der Waals surface area contributed by atoms with Gasteiger partial charge in [0.1, 0.15) is 5.82 Å². The summed E-state index contributed by atoms with van der Waals surface area (Å²) in [6.45, 7) is 3.23. The predicted molar refractivity (Wildman–Crippen MR) is 89.4 cm³/mol. The quantitative estimate of drug-likeness (QED) is 0.842. The number of anilines is 3. The number of piperazine rings is 1. The first-order valence-electron chi connectivity index (χ1n) is 6.94. The summed E-state index contributed by atoms with van der Waals surface area (Å²) in [5, 5.41) is 0. The van der Waals surface area contributed by atoms with Crippen LogP contribution in [0.4, 0.5) is 21.5 Å². The Bertz CT molecular complexity index is 639. The van der Waals surface area contributed by atoms with E-state index in [9.17, 15) is 4.39 Å². The number of benzene rings is 2. The number of rotatable bonds is 2. The van der Waals surface area contributed by atoms with Crippen LogP contribution in [0.15, 0.2) is 46.9 Å². The van der Waals surface area contributed by atoms with Gasteiger partial charge < -0.3 is 15.5 Å². The van der Waals surface area contributed by atoms with Gasteiger partial charge in [-0.05, 0) is 30.3 Å². The number of para-hydroxylation sites is 1. The summed E-state index contributed by atoms with van der Waals surface area (Å²) in [6.07, 6.45) is 0. The van der Waals surface area contributed by atoms with Crippen molar-refractivity contribution in [2.75, 3.05) is 41.7 Å². The van der Waals surface area contributed by atoms with Crippen molar-refractivity contribution >= 4 is 33.0 Å². The van der Waals surface area contributed by atoms with Crippen molar-refractivity contribution in [3.05, 3.63) is 52.8 Å². The topological polar surface area (TPSA) is 32.5 Å². The van der Waals surface area contributed by atoms with Crippen LogP contribution < -0.4 is 15.5 Å². The van der Waals surface area contributed by atoms with Gasteiger partial charge in [0.05, 0.1) is 17.1 Å². The Hall–Kier alpha value is -1.75. The third-order valence-corrected chi connectivity index (χ3v) is 4.30. The Morgan fingerprint density at radius 1 is 0.905 bits per heavy atom. The second-order valence-corrected chi connectivity index (χ2v) is 6.04. The zero-order chi connectivity index (χ0) is 14.8. The van der Waals surface area contributed by atoms with Gasteiger partial charge in [0.15, 0.2) is 0 Å². The van der Waals surface area contributed by atoms with E-state index in [1.165, 1.54) is 6.07 Å². The van der Waals surface area contributed by atoms with Gasteiger partial charge in [-0.1, -0.05) is 28.1 Å². The third kappa shape index (κ3) is 2.97. The van der Waals surface area contributed by atoms with Crippen molar-refractivity contribution in [3.63, 3.8) is 0 Å². The Balaban J connectivity index is 1.73. The maximum atomic E-state index is 13.8. The van der Waals surface area contributed by atoms with Crippen LogP contribution in [0, 0.1) is 5.82 Å². The largest absolute Gasteiger partial charge is 0.397 e. The summed E-state index contributed by atoms with van der Waals surface area (Å²) in [4.78, 5) is 4.33. The fourth-order valence-electron chi connectivity index (χ4n) is 2.69. The first-order valence-corrected chi connectivity index (χ1v) is 7.74. The van der Waals surface area contributed by atoms with Crippen LogP contribution in [-0.4, -0.2) is 26.2 Å². The van der Waals surface area contributed by atoms with E-state index in [4.69, 9.17) is 5.73 Å². The highest BCUT2D eigenvalue weighted by Gasteiger charge is 2.20. The average Bonchev–Trinajstić information content (AvgIpc) is 2.50. The molecule has 0 aromatic heterocycles. The smallest absolute Gasteiger partial charge is 0.146 e. The molecule has 21 heavy (non-hydrogen) atoms. The highest BCUT2D eigenvalue weighted by Crippen LogP contribution is 2.29. The third-order valence-electron chi connectivity index (χ3n) is 3.81. The van der Waals surface area contributed by atoms with Gasteiger partial charge in [0.25, 0.3) is 0 Å². The summed E-state index contributed by atoms with van der Waals surface area (Å²) in [5.41, 5.74) is 8.55. The van der Waals surface area contributed by atoms with Gasteiger partial charge >= 0.3 is 0 Å². The summed E-state index contributed by atoms with van der Waals surface area (Å²) >= 11 is 3.48. The van der Waals surface area contributed by atoms with E-state index in [-0.39, 0.29) is 5.82 Å². The molecule has 3 rings (SSSR count). The number of hydrogen-bond acceptors (Lipinski definition) is 3. The molecule has 0 amide bonds. The van der Waals surface area contributed by atoms with Crippen LogP contribution in [0.5, 0.6) is 0 Å². The second-order valence-electron chi connectivity index (χ2n) is 5.13. The zero-order valence-electron chi connectivity index (χ0n) is 11.6. The van der Waals surface area contributed by atoms with E-state index in [0.717, 1.165) is 42.0 Å². The van der Waals surface area contributed by atoms with Gasteiger partial charge in [-0.3, -0.25) is 0 Å². The Kier molecular flexibility index (Phi) is 4.01. The number of hydrogen-bond donors (Lipinski definition) is 1. The van der Waals surface area contributed by atoms with E-state index in [2.05, 4.69) is 25.7 Å². The number of halogens is 2. The first kappa shape index (κ1) is 14.2. The molecule has 0 bridgehead atoms. The molecule has 1 saturated heterocycles. The van der Waals surface area contributed by atoms with Crippen LogP contribution in [0.1, 0.15) is 0 Å². The minimum atomic E-state index is -0.159. The van der Waals surface area contributed by atoms with Crippen molar-refractivity contribution < 1.29 is 4.39 Å². The van der Waals surface area contributed by atoms with Crippen LogP contribution in [-0.2, 0) is 0 Å². The monoisotopic (exact) mass is 349 g/mol. The molecule has 110 valence electrons. The fraction of sp³-hybridized carbons (Fsp3) is 0.250. The van der Waals surface area contributed by atoms with Gasteiger partial charge in [0.2, 0.25) is 0 Å². The Morgan fingerprint density at radius 3 is 2.19 bits per heavy atom. The van der Waals surface area contributed by atoms with E-state index in [1.54, 1.807) is 6.07 Å². The highest BCUT2D eigenvalue weighted by atomic mass is 79.9. The van der Waals surface area contributed by atoms with Crippen molar-refractivity contribution in [2.24, 2.45) is 0 Å². The molecular formula is C16H17BrFN3. The molecule has 0 radical (unpaired) electrons. The highest BCUT2D eigenvalue weighted by molar-refractivity contribution is 9.10. The number of nitrogens with zero attached hydrogens (tertiary/aromatic N) is 2. The van der Waals surface area contributed by atoms with Crippen molar-refractivity contribution in [1.29, 1.82) is 0 Å². The molecule has 2 N–H and O–H groups in total. The molecule has 5 heteroatoms. The molecule has 2 aromatic rings. The molecule has 0 aliphatic carbocycles. The van der Waals surface area contributed by atoms with E-state index < -0.39 is 0 Å². The Morgan fingerprint density at radius 2 is 1.52 bits per heavy atom. The number of nitrogen functional groups attached to an aromatic ring is 1. The van der Waals surface area contributed by atoms with E-state index >= 15 is 0 Å². The fourth-order valence-corrected chi connectivity index (χ4v) is 3.04. The minimum Gasteiger partial charge on any atom is -0.397 e. The molecule has 0 spiro atoms. The van der Waals surface area contributed by atoms with Gasteiger partial charge in [-0.15, -0.1) is 0 Å². The predicted octanol–water partition coefficient (Wildman–Crippen LogP) is 3.50. The lowest BCUT2D eigenvalue weighted by atomic mass is 10.2. The molecular weight excluding hydrogens is 333 g/mol. The summed E-state index contributed by atoms with van der Waals surface area (Å²) in [5.74, 6) is -0.159. The lowest BCUT2D eigenvalue weighted by molar-refractivity contribution is 0.598. The Labute approximate surface area is 132 Å². The maximum Gasteiger partial charge on any atom is 0.146 e. The van der Waals surface area contributed by atoms with Crippen LogP contribution in [0.3, 0.4) is 0 Å². The maximum absolute atomic E-state index is 13.8. The van der Waals surface area contributed by atoms with Crippen molar-refractivity contribution in [1.82, 2.24) is 0 Å². The van der Waals surface area contributed by atoms with E-state index in [0.29, 0.717) is 5.69 Å². The van der Waals surface area contributed by atoms with Crippen molar-refractivity contribution in [3.8, 4) is 0 Å². The lowest BCUT2D eigenvalue weighted by Gasteiger charge is -2.38. The van der Waals surface area contributed by atoms with Crippen LogP contribution in [0.25, 0.3) is 0 Å². The average molecular weight is 350 g/mol. The van der Waals surface area contributed by atoms with Crippen molar-refractivity contribution in [2.45, 2.75) is 0 Å². The molecule has 0 atom stereocenters. The summed E-state index contributed by atoms with van der Waals surface area (Å²) < 4.78 is 14.8. The first-order chi connectivity index (χ1) is 10.1. The molecule has 1 aliphatic heterocycles. The van der Waals surface area contributed by atoms with Gasteiger partial charge in [-0.25, -0.2) is 4.39 Å². The van der Waals surface area contributed by atoms with Gasteiger partial charge in [-0.2, -0.15) is 0 Å². The normalized spacial score (nSPS) is 15.3. The summed E-state index contributed by atoms with van der Waals surface area (Å²) in [6, 6.07) is 12.8. The zero-order valence-corrected chi connectivity index (χ0v) is 13.2. The number of nitrogens with two attached hydrogens (primary N) is 1. The van der Waals surface area contributed by atoms with E-state index in [1.807, 2.05) is 30.3 Å². The second kappa shape index (κ2) is 5.93. The van der Waals surface area contributed by atoms with Crippen LogP contribution >= 0.6 is 15.9 Å². The molecule has 1 fully saturated rings. The van der Waals surface area contributed by atoms with Gasteiger partial charge in [0, 0.05) is 30.7 Å². The van der Waals surface area contributed by atoms with Crippen LogP contribution in [0.2, 0.25) is 0 Å². The molecule has 1 heterocycles. The lowest BCUT2D eigenvalue weighted by Crippen LogP contribution is -2.47. The molecule has 2 aromatic carbocycles. The standard InChI is InChI=1S/C16H17BrFN3/c17-12-5-6-14(19)16(11-12)21-9-7-20(8-10-21)15-4-2-1-3-13(15)18/h1-6,11H,7-10,19H2. The molecule has 1 aliphatic rings. The molecule has 0 unspecified atom stereocenters. The SMILES string of the molecule is Nc1ccc(Br)cc1N1CCN(c2ccccc2F)CC1.